The molecule has 0 radical (unpaired) electrons. The SMILES string of the molecule is COCCN(C(=O)c1ccc(S(C)(=O)=O)cc1)C1CCN(Cc2cccc(C#N)c2)CC1. The zero-order valence-electron chi connectivity index (χ0n) is 18.5. The fraction of sp³-hybridized carbons (Fsp3) is 0.417. The number of hydrogen-bond donors (Lipinski definition) is 0. The van der Waals surface area contributed by atoms with Crippen molar-refractivity contribution in [2.24, 2.45) is 0 Å². The first-order valence-corrected chi connectivity index (χ1v) is 12.5. The van der Waals surface area contributed by atoms with E-state index in [0.717, 1.165) is 44.3 Å². The minimum absolute atomic E-state index is 0.0916. The third-order valence-electron chi connectivity index (χ3n) is 5.79. The highest BCUT2D eigenvalue weighted by atomic mass is 32.2. The van der Waals surface area contributed by atoms with Crippen LogP contribution in [0, 0.1) is 11.3 Å². The molecule has 2 aromatic rings. The van der Waals surface area contributed by atoms with E-state index in [-0.39, 0.29) is 16.8 Å². The number of nitriles is 1. The minimum atomic E-state index is -3.30. The summed E-state index contributed by atoms with van der Waals surface area (Å²) in [6.45, 7) is 3.41. The summed E-state index contributed by atoms with van der Waals surface area (Å²) in [5, 5.41) is 9.09. The van der Waals surface area contributed by atoms with Crippen molar-refractivity contribution in [2.45, 2.75) is 30.3 Å². The van der Waals surface area contributed by atoms with Gasteiger partial charge in [0.15, 0.2) is 9.84 Å². The average Bonchev–Trinajstić information content (AvgIpc) is 2.80. The Morgan fingerprint density at radius 3 is 2.47 bits per heavy atom. The van der Waals surface area contributed by atoms with Crippen molar-refractivity contribution in [3.63, 3.8) is 0 Å². The Bertz CT molecular complexity index is 1070. The number of benzene rings is 2. The molecule has 170 valence electrons. The second-order valence-electron chi connectivity index (χ2n) is 8.11. The molecule has 7 nitrogen and oxygen atoms in total. The van der Waals surface area contributed by atoms with Gasteiger partial charge in [-0.3, -0.25) is 9.69 Å². The van der Waals surface area contributed by atoms with E-state index in [0.29, 0.717) is 24.3 Å². The van der Waals surface area contributed by atoms with Crippen molar-refractivity contribution in [1.29, 1.82) is 5.26 Å². The molecule has 3 rings (SSSR count). The maximum Gasteiger partial charge on any atom is 0.254 e. The van der Waals surface area contributed by atoms with Crippen LogP contribution in [0.2, 0.25) is 0 Å². The average molecular weight is 456 g/mol. The quantitative estimate of drug-likeness (QED) is 0.608. The predicted octanol–water partition coefficient (Wildman–Crippen LogP) is 2.71. The summed E-state index contributed by atoms with van der Waals surface area (Å²) in [7, 11) is -1.69. The van der Waals surface area contributed by atoms with Crippen molar-refractivity contribution in [2.75, 3.05) is 39.6 Å². The van der Waals surface area contributed by atoms with Crippen LogP contribution in [-0.2, 0) is 21.1 Å². The Labute approximate surface area is 190 Å². The molecule has 0 spiro atoms. The number of ether oxygens (including phenoxy) is 1. The van der Waals surface area contributed by atoms with Crippen LogP contribution in [0.15, 0.2) is 53.4 Å². The lowest BCUT2D eigenvalue weighted by Gasteiger charge is -2.38. The lowest BCUT2D eigenvalue weighted by atomic mass is 10.0. The number of nitrogens with zero attached hydrogens (tertiary/aromatic N) is 3. The minimum Gasteiger partial charge on any atom is -0.383 e. The second kappa shape index (κ2) is 10.7. The van der Waals surface area contributed by atoms with E-state index in [1.807, 2.05) is 23.1 Å². The van der Waals surface area contributed by atoms with Crippen LogP contribution in [0.4, 0.5) is 0 Å². The second-order valence-corrected chi connectivity index (χ2v) is 10.1. The summed E-state index contributed by atoms with van der Waals surface area (Å²) in [6.07, 6.45) is 2.84. The summed E-state index contributed by atoms with van der Waals surface area (Å²) in [4.78, 5) is 17.6. The van der Waals surface area contributed by atoms with Gasteiger partial charge in [0, 0.05) is 51.1 Å². The van der Waals surface area contributed by atoms with Gasteiger partial charge in [0.1, 0.15) is 0 Å². The van der Waals surface area contributed by atoms with Crippen LogP contribution in [0.5, 0.6) is 0 Å². The molecule has 0 saturated carbocycles. The van der Waals surface area contributed by atoms with E-state index in [9.17, 15) is 13.2 Å². The molecule has 1 amide bonds. The Morgan fingerprint density at radius 2 is 1.88 bits per heavy atom. The number of amides is 1. The molecule has 1 aliphatic rings. The number of hydrogen-bond acceptors (Lipinski definition) is 6. The number of carbonyl (C=O) groups is 1. The summed E-state index contributed by atoms with van der Waals surface area (Å²) >= 11 is 0. The zero-order valence-corrected chi connectivity index (χ0v) is 19.3. The van der Waals surface area contributed by atoms with E-state index >= 15 is 0 Å². The Hall–Kier alpha value is -2.73. The summed E-state index contributed by atoms with van der Waals surface area (Å²) in [6, 6.07) is 16.0. The Balaban J connectivity index is 1.66. The highest BCUT2D eigenvalue weighted by Crippen LogP contribution is 2.21. The Morgan fingerprint density at radius 1 is 1.19 bits per heavy atom. The van der Waals surface area contributed by atoms with Crippen LogP contribution in [0.1, 0.15) is 34.3 Å². The molecule has 1 saturated heterocycles. The molecule has 0 aliphatic carbocycles. The smallest absolute Gasteiger partial charge is 0.254 e. The zero-order chi connectivity index (χ0) is 23.1. The highest BCUT2D eigenvalue weighted by molar-refractivity contribution is 7.90. The molecule has 0 atom stereocenters. The van der Waals surface area contributed by atoms with Crippen molar-refractivity contribution in [3.8, 4) is 6.07 Å². The lowest BCUT2D eigenvalue weighted by molar-refractivity contribution is 0.0478. The standard InChI is InChI=1S/C24H29N3O4S/c1-31-15-14-27(24(28)21-6-8-23(9-7-21)32(2,29)30)22-10-12-26(13-11-22)18-20-5-3-4-19(16-20)17-25/h3-9,16,22H,10-15,18H2,1-2H3. The van der Waals surface area contributed by atoms with Crippen LogP contribution >= 0.6 is 0 Å². The number of likely N-dealkylation sites (tertiary alicyclic amines) is 1. The van der Waals surface area contributed by atoms with E-state index < -0.39 is 9.84 Å². The molecule has 2 aromatic carbocycles. The molecule has 32 heavy (non-hydrogen) atoms. The summed E-state index contributed by atoms with van der Waals surface area (Å²) in [5.41, 5.74) is 2.25. The van der Waals surface area contributed by atoms with Gasteiger partial charge in [-0.25, -0.2) is 8.42 Å². The third-order valence-corrected chi connectivity index (χ3v) is 6.92. The Kier molecular flexibility index (Phi) is 8.02. The van der Waals surface area contributed by atoms with Gasteiger partial charge in [-0.2, -0.15) is 5.26 Å². The largest absolute Gasteiger partial charge is 0.383 e. The lowest BCUT2D eigenvalue weighted by Crippen LogP contribution is -2.48. The topological polar surface area (TPSA) is 90.7 Å². The van der Waals surface area contributed by atoms with Crippen LogP contribution in [-0.4, -0.2) is 69.8 Å². The predicted molar refractivity (Wildman–Crippen MR) is 122 cm³/mol. The van der Waals surface area contributed by atoms with Gasteiger partial charge < -0.3 is 9.64 Å². The molecule has 1 aliphatic heterocycles. The normalized spacial score (nSPS) is 15.3. The molecule has 0 unspecified atom stereocenters. The number of methoxy groups -OCH3 is 1. The van der Waals surface area contributed by atoms with Gasteiger partial charge in [0.25, 0.3) is 5.91 Å². The van der Waals surface area contributed by atoms with Crippen LogP contribution in [0.25, 0.3) is 0 Å². The van der Waals surface area contributed by atoms with Crippen molar-refractivity contribution in [1.82, 2.24) is 9.80 Å². The molecular formula is C24H29N3O4S. The molecule has 0 aromatic heterocycles. The number of piperidine rings is 1. The fourth-order valence-corrected chi connectivity index (χ4v) is 4.67. The first kappa shape index (κ1) is 23.9. The highest BCUT2D eigenvalue weighted by Gasteiger charge is 2.28. The van der Waals surface area contributed by atoms with Gasteiger partial charge >= 0.3 is 0 Å². The van der Waals surface area contributed by atoms with Gasteiger partial charge in [-0.15, -0.1) is 0 Å². The van der Waals surface area contributed by atoms with E-state index in [4.69, 9.17) is 10.00 Å². The molecule has 1 heterocycles. The fourth-order valence-electron chi connectivity index (χ4n) is 4.04. The molecule has 8 heteroatoms. The van der Waals surface area contributed by atoms with Crippen molar-refractivity contribution in [3.05, 3.63) is 65.2 Å². The molecule has 0 N–H and O–H groups in total. The number of carbonyl (C=O) groups excluding carboxylic acids is 1. The summed E-state index contributed by atoms with van der Waals surface area (Å²) in [5.74, 6) is -0.109. The first-order valence-electron chi connectivity index (χ1n) is 10.6. The van der Waals surface area contributed by atoms with Crippen molar-refractivity contribution >= 4 is 15.7 Å². The van der Waals surface area contributed by atoms with Gasteiger partial charge in [0.2, 0.25) is 0 Å². The van der Waals surface area contributed by atoms with E-state index in [2.05, 4.69) is 11.0 Å². The number of rotatable bonds is 8. The maximum absolute atomic E-state index is 13.2. The monoisotopic (exact) mass is 455 g/mol. The van der Waals surface area contributed by atoms with Crippen molar-refractivity contribution < 1.29 is 17.9 Å². The van der Waals surface area contributed by atoms with E-state index in [1.54, 1.807) is 25.3 Å². The van der Waals surface area contributed by atoms with Gasteiger partial charge in [0.05, 0.1) is 23.1 Å². The maximum atomic E-state index is 13.2. The van der Waals surface area contributed by atoms with Gasteiger partial charge in [-0.1, -0.05) is 12.1 Å². The molecule has 1 fully saturated rings. The van der Waals surface area contributed by atoms with Crippen LogP contribution < -0.4 is 0 Å². The van der Waals surface area contributed by atoms with Gasteiger partial charge in [-0.05, 0) is 54.8 Å². The van der Waals surface area contributed by atoms with Crippen LogP contribution in [0.3, 0.4) is 0 Å². The summed E-state index contributed by atoms with van der Waals surface area (Å²) < 4.78 is 28.6. The van der Waals surface area contributed by atoms with E-state index in [1.165, 1.54) is 12.1 Å². The molecule has 0 bridgehead atoms. The first-order chi connectivity index (χ1) is 15.3. The number of sulfone groups is 1. The third kappa shape index (κ3) is 6.16. The molecular weight excluding hydrogens is 426 g/mol.